The lowest BCUT2D eigenvalue weighted by Crippen LogP contribution is -2.17. The highest BCUT2D eigenvalue weighted by molar-refractivity contribution is 5.42. The maximum atomic E-state index is 10.6. The minimum absolute atomic E-state index is 0.0153. The molecule has 4 heteroatoms. The molecule has 0 saturated heterocycles. The molecule has 0 amide bonds. The van der Waals surface area contributed by atoms with E-state index in [9.17, 15) is 5.11 Å². The summed E-state index contributed by atoms with van der Waals surface area (Å²) in [6.07, 6.45) is -6.35. The summed E-state index contributed by atoms with van der Waals surface area (Å²) in [6, 6.07) is 10.2. The molecule has 0 aliphatic heterocycles. The lowest BCUT2D eigenvalue weighted by atomic mass is 10.0. The van der Waals surface area contributed by atoms with Crippen molar-refractivity contribution in [2.45, 2.75) is 38.6 Å². The average molecular weight is 356 g/mol. The van der Waals surface area contributed by atoms with Gasteiger partial charge in [-0.1, -0.05) is 24.6 Å². The Kier molecular flexibility index (Phi) is 3.56. The Morgan fingerprint density at radius 1 is 1.12 bits per heavy atom. The molecule has 0 heterocycles. The van der Waals surface area contributed by atoms with Crippen LogP contribution in [0, 0.1) is 6.92 Å². The third-order valence-electron chi connectivity index (χ3n) is 3.42. The zero-order chi connectivity index (χ0) is 27.6. The Labute approximate surface area is 165 Å². The van der Waals surface area contributed by atoms with Gasteiger partial charge in [0.05, 0.1) is 32.5 Å². The molecule has 0 aliphatic carbocycles. The normalized spacial score (nSPS) is 21.8. The smallest absolute Gasteiger partial charge is 0.160 e. The Morgan fingerprint density at radius 3 is 2.76 bits per heavy atom. The van der Waals surface area contributed by atoms with Gasteiger partial charge in [-0.15, -0.1) is 0 Å². The van der Waals surface area contributed by atoms with Crippen molar-refractivity contribution in [3.63, 3.8) is 0 Å². The first-order valence-electron chi connectivity index (χ1n) is 13.2. The highest BCUT2D eigenvalue weighted by atomic mass is 16.5. The molecule has 2 aromatic rings. The summed E-state index contributed by atoms with van der Waals surface area (Å²) in [5.41, 5.74) is 1.19. The van der Waals surface area contributed by atoms with Gasteiger partial charge in [-0.05, 0) is 61.5 Å². The van der Waals surface area contributed by atoms with E-state index in [-0.39, 0.29) is 30.1 Å². The number of aryl methyl sites for hydroxylation is 2. The predicted octanol–water partition coefficient (Wildman–Crippen LogP) is 4.16. The van der Waals surface area contributed by atoms with Gasteiger partial charge < -0.3 is 19.3 Å². The topological polar surface area (TPSA) is 47.9 Å². The summed E-state index contributed by atoms with van der Waals surface area (Å²) in [4.78, 5) is 0. The minimum atomic E-state index is -3.28. The van der Waals surface area contributed by atoms with Crippen LogP contribution in [0.15, 0.2) is 42.5 Å². The monoisotopic (exact) mass is 355 g/mol. The molecule has 136 valence electrons. The van der Waals surface area contributed by atoms with Crippen molar-refractivity contribution in [2.75, 3.05) is 20.6 Å². The van der Waals surface area contributed by atoms with E-state index in [1.165, 1.54) is 30.3 Å². The van der Waals surface area contributed by atoms with Crippen molar-refractivity contribution in [3.05, 3.63) is 53.6 Å². The first-order chi connectivity index (χ1) is 16.2. The van der Waals surface area contributed by atoms with E-state index in [0.717, 1.165) is 5.56 Å². The summed E-state index contributed by atoms with van der Waals surface area (Å²) in [5, 5.41) is 10.6. The summed E-state index contributed by atoms with van der Waals surface area (Å²) in [5.74, 6) is -0.624. The van der Waals surface area contributed by atoms with Gasteiger partial charge in [0.25, 0.3) is 0 Å². The van der Waals surface area contributed by atoms with Crippen LogP contribution in [0.4, 0.5) is 0 Å². The molecule has 1 N–H and O–H groups in total. The van der Waals surface area contributed by atoms with Crippen molar-refractivity contribution < 1.29 is 34.4 Å². The zero-order valence-electron chi connectivity index (χ0n) is 24.8. The fourth-order valence-electron chi connectivity index (χ4n) is 2.19. The Hall–Kier alpha value is -2.20. The summed E-state index contributed by atoms with van der Waals surface area (Å²) in [6.45, 7) is -1.36. The molecule has 1 unspecified atom stereocenters. The average Bonchev–Trinajstić information content (AvgIpc) is 2.67. The maximum absolute atomic E-state index is 10.6. The molecule has 0 radical (unpaired) electrons. The molecule has 4 nitrogen and oxygen atoms in total. The lowest BCUT2D eigenvalue weighted by Gasteiger charge is -2.13. The van der Waals surface area contributed by atoms with E-state index in [1.54, 1.807) is 19.1 Å². The number of aliphatic hydroxyl groups is 1. The van der Waals surface area contributed by atoms with Crippen LogP contribution >= 0.6 is 0 Å². The molecule has 0 bridgehead atoms. The van der Waals surface area contributed by atoms with Crippen LogP contribution in [0.1, 0.15) is 45.4 Å². The van der Waals surface area contributed by atoms with Crippen molar-refractivity contribution in [3.8, 4) is 17.2 Å². The quantitative estimate of drug-likeness (QED) is 0.695. The Balaban J connectivity index is 2.14. The molecule has 25 heavy (non-hydrogen) atoms. The summed E-state index contributed by atoms with van der Waals surface area (Å²) in [7, 11) is -5.73. The van der Waals surface area contributed by atoms with Gasteiger partial charge in [0.1, 0.15) is 12.3 Å². The van der Waals surface area contributed by atoms with E-state index in [4.69, 9.17) is 29.3 Å². The first-order valence-corrected chi connectivity index (χ1v) is 7.71. The summed E-state index contributed by atoms with van der Waals surface area (Å²) < 4.78 is 98.7. The van der Waals surface area contributed by atoms with Crippen molar-refractivity contribution >= 4 is 0 Å². The van der Waals surface area contributed by atoms with Crippen LogP contribution in [-0.2, 0) is 6.42 Å². The second-order valence-electron chi connectivity index (χ2n) is 5.38. The third kappa shape index (κ3) is 6.31. The molecule has 0 aromatic heterocycles. The van der Waals surface area contributed by atoms with Crippen LogP contribution in [0.3, 0.4) is 0 Å². The number of benzene rings is 2. The van der Waals surface area contributed by atoms with E-state index in [2.05, 4.69) is 0 Å². The van der Waals surface area contributed by atoms with Crippen LogP contribution in [0.5, 0.6) is 17.2 Å². The molecule has 1 atom stereocenters. The standard InChI is InChI=1S/C21H28O4/c1-16-7-6-10-19(13-16)25-15-18(22)9-5-4-8-17-11-12-20(23-2)21(14-17)24-3/h6-7,10-14,18,22H,4-5,8-9,15H2,1-3H3/i2D3,3D3,9D2,15D2,18D. The number of methoxy groups -OCH3 is 2. The maximum Gasteiger partial charge on any atom is 0.160 e. The van der Waals surface area contributed by atoms with Crippen LogP contribution in [0.25, 0.3) is 0 Å². The third-order valence-corrected chi connectivity index (χ3v) is 3.42. The van der Waals surface area contributed by atoms with E-state index in [0.29, 0.717) is 5.56 Å². The predicted molar refractivity (Wildman–Crippen MR) is 99.8 cm³/mol. The molecule has 0 spiro atoms. The molecule has 0 fully saturated rings. The largest absolute Gasteiger partial charge is 0.493 e. The van der Waals surface area contributed by atoms with Gasteiger partial charge in [-0.3, -0.25) is 0 Å². The Morgan fingerprint density at radius 2 is 1.96 bits per heavy atom. The highest BCUT2D eigenvalue weighted by Gasteiger charge is 2.07. The van der Waals surface area contributed by atoms with E-state index >= 15 is 0 Å². The summed E-state index contributed by atoms with van der Waals surface area (Å²) >= 11 is 0. The second-order valence-corrected chi connectivity index (χ2v) is 5.38. The number of rotatable bonds is 10. The SMILES string of the molecule is [2H]C([2H])([2H])Oc1ccc(CCCC([2H])([2H])C([2H])(O)C([2H])([2H])Oc2cccc(C)c2)cc1OC([2H])([2H])[2H]. The molecule has 0 saturated carbocycles. The number of hydrogen-bond acceptors (Lipinski definition) is 4. The first kappa shape index (κ1) is 8.95. The minimum Gasteiger partial charge on any atom is -0.493 e. The Bertz CT molecular complexity index is 1030. The van der Waals surface area contributed by atoms with Crippen molar-refractivity contribution in [2.24, 2.45) is 0 Å². The molecule has 2 rings (SSSR count). The van der Waals surface area contributed by atoms with Gasteiger partial charge in [0.15, 0.2) is 11.5 Å². The van der Waals surface area contributed by atoms with Crippen LogP contribution in [-0.4, -0.2) is 31.8 Å². The van der Waals surface area contributed by atoms with Gasteiger partial charge in [-0.25, -0.2) is 0 Å². The fourth-order valence-corrected chi connectivity index (χ4v) is 2.19. The van der Waals surface area contributed by atoms with E-state index < -0.39 is 39.5 Å². The van der Waals surface area contributed by atoms with Gasteiger partial charge in [-0.2, -0.15) is 0 Å². The highest BCUT2D eigenvalue weighted by Crippen LogP contribution is 2.28. The second kappa shape index (κ2) is 9.94. The van der Waals surface area contributed by atoms with Crippen molar-refractivity contribution in [1.29, 1.82) is 0 Å². The van der Waals surface area contributed by atoms with Crippen LogP contribution in [0.2, 0.25) is 0 Å². The molecular weight excluding hydrogens is 316 g/mol. The van der Waals surface area contributed by atoms with Gasteiger partial charge in [0.2, 0.25) is 0 Å². The lowest BCUT2D eigenvalue weighted by molar-refractivity contribution is 0.0976. The van der Waals surface area contributed by atoms with Gasteiger partial charge >= 0.3 is 0 Å². The zero-order valence-corrected chi connectivity index (χ0v) is 13.8. The van der Waals surface area contributed by atoms with Gasteiger partial charge in [0, 0.05) is 2.74 Å². The van der Waals surface area contributed by atoms with Crippen LogP contribution < -0.4 is 14.2 Å². The van der Waals surface area contributed by atoms with Crippen molar-refractivity contribution in [1.82, 2.24) is 0 Å². The fraction of sp³-hybridized carbons (Fsp3) is 0.429. The molecular formula is C21H28O4. The molecule has 2 aromatic carbocycles. The molecule has 0 aliphatic rings. The number of hydrogen-bond donors (Lipinski definition) is 1. The van der Waals surface area contributed by atoms with E-state index in [1.807, 2.05) is 0 Å². The number of ether oxygens (including phenoxy) is 3.